The van der Waals surface area contributed by atoms with Gasteiger partial charge in [-0.1, -0.05) is 5.16 Å². The highest BCUT2D eigenvalue weighted by Gasteiger charge is 2.24. The summed E-state index contributed by atoms with van der Waals surface area (Å²) in [6.07, 6.45) is 0. The minimum absolute atomic E-state index is 0.336. The van der Waals surface area contributed by atoms with Gasteiger partial charge >= 0.3 is 5.97 Å². The predicted octanol–water partition coefficient (Wildman–Crippen LogP) is 0.380. The Bertz CT molecular complexity index is 448. The number of nitrogens with zero attached hydrogens (tertiary/aromatic N) is 3. The quantitative estimate of drug-likeness (QED) is 0.803. The van der Waals surface area contributed by atoms with E-state index in [1.54, 1.807) is 13.8 Å². The second-order valence-corrected chi connectivity index (χ2v) is 4.62. The van der Waals surface area contributed by atoms with Crippen molar-refractivity contribution >= 4 is 11.9 Å². The lowest BCUT2D eigenvalue weighted by molar-refractivity contribution is -0.137. The summed E-state index contributed by atoms with van der Waals surface area (Å²) in [6.45, 7) is 3.88. The van der Waals surface area contributed by atoms with E-state index in [-0.39, 0.29) is 12.5 Å². The van der Waals surface area contributed by atoms with E-state index in [4.69, 9.17) is 9.63 Å². The van der Waals surface area contributed by atoms with Gasteiger partial charge in [-0.05, 0) is 27.9 Å². The van der Waals surface area contributed by atoms with Crippen LogP contribution in [-0.2, 0) is 4.79 Å². The number of likely N-dealkylation sites (N-methyl/N-ethyl adjacent to an activating group) is 1. The molecule has 0 aliphatic carbocycles. The average molecular weight is 269 g/mol. The van der Waals surface area contributed by atoms with Crippen LogP contribution in [-0.4, -0.2) is 65.7 Å². The van der Waals surface area contributed by atoms with E-state index in [9.17, 15) is 9.59 Å². The third-order valence-corrected chi connectivity index (χ3v) is 2.68. The zero-order valence-corrected chi connectivity index (χ0v) is 11.6. The van der Waals surface area contributed by atoms with Crippen molar-refractivity contribution in [2.75, 3.05) is 33.7 Å². The van der Waals surface area contributed by atoms with E-state index in [1.807, 2.05) is 19.0 Å². The van der Waals surface area contributed by atoms with Crippen molar-refractivity contribution in [2.24, 2.45) is 0 Å². The van der Waals surface area contributed by atoms with Crippen molar-refractivity contribution in [3.05, 3.63) is 17.0 Å². The van der Waals surface area contributed by atoms with Crippen molar-refractivity contribution < 1.29 is 19.2 Å². The van der Waals surface area contributed by atoms with Crippen molar-refractivity contribution in [1.82, 2.24) is 15.0 Å². The van der Waals surface area contributed by atoms with E-state index < -0.39 is 5.97 Å². The van der Waals surface area contributed by atoms with E-state index in [1.165, 1.54) is 4.90 Å². The van der Waals surface area contributed by atoms with Gasteiger partial charge in [-0.2, -0.15) is 0 Å². The summed E-state index contributed by atoms with van der Waals surface area (Å²) < 4.78 is 4.94. The summed E-state index contributed by atoms with van der Waals surface area (Å²) in [5, 5.41) is 12.6. The van der Waals surface area contributed by atoms with E-state index >= 15 is 0 Å². The number of amides is 1. The number of carbonyl (C=O) groups excluding carboxylic acids is 1. The van der Waals surface area contributed by atoms with Crippen molar-refractivity contribution in [1.29, 1.82) is 0 Å². The summed E-state index contributed by atoms with van der Waals surface area (Å²) in [6, 6.07) is 0. The monoisotopic (exact) mass is 269 g/mol. The molecule has 0 aromatic carbocycles. The maximum absolute atomic E-state index is 12.3. The predicted molar refractivity (Wildman–Crippen MR) is 68.1 cm³/mol. The van der Waals surface area contributed by atoms with E-state index in [0.29, 0.717) is 30.1 Å². The third kappa shape index (κ3) is 4.06. The molecule has 106 valence electrons. The molecule has 0 aliphatic heterocycles. The number of carboxylic acids is 1. The van der Waals surface area contributed by atoms with Gasteiger partial charge in [-0.15, -0.1) is 0 Å². The van der Waals surface area contributed by atoms with Crippen molar-refractivity contribution in [2.45, 2.75) is 13.8 Å². The van der Waals surface area contributed by atoms with Crippen LogP contribution >= 0.6 is 0 Å². The molecule has 1 aromatic rings. The van der Waals surface area contributed by atoms with Crippen LogP contribution in [0.3, 0.4) is 0 Å². The van der Waals surface area contributed by atoms with Gasteiger partial charge < -0.3 is 19.4 Å². The molecular weight excluding hydrogens is 250 g/mol. The zero-order chi connectivity index (χ0) is 14.6. The largest absolute Gasteiger partial charge is 0.480 e. The molecule has 7 heteroatoms. The molecular formula is C12H19N3O4. The third-order valence-electron chi connectivity index (χ3n) is 2.68. The second-order valence-electron chi connectivity index (χ2n) is 4.62. The van der Waals surface area contributed by atoms with Gasteiger partial charge in [0.2, 0.25) is 0 Å². The SMILES string of the molecule is Cc1noc(C)c1C(=O)N(CCN(C)C)CC(=O)O. The Hall–Kier alpha value is -1.89. The molecule has 0 unspecified atom stereocenters. The molecule has 1 rings (SSSR count). The number of aliphatic carboxylic acids is 1. The lowest BCUT2D eigenvalue weighted by Crippen LogP contribution is -2.40. The van der Waals surface area contributed by atoms with Crippen LogP contribution in [0.4, 0.5) is 0 Å². The van der Waals surface area contributed by atoms with E-state index in [2.05, 4.69) is 5.16 Å². The van der Waals surface area contributed by atoms with Crippen LogP contribution in [0.5, 0.6) is 0 Å². The number of hydrogen-bond acceptors (Lipinski definition) is 5. The Balaban J connectivity index is 2.90. The first-order chi connectivity index (χ1) is 8.82. The number of carboxylic acid groups (broad SMARTS) is 1. The van der Waals surface area contributed by atoms with Crippen LogP contribution in [0.1, 0.15) is 21.8 Å². The van der Waals surface area contributed by atoms with Gasteiger partial charge in [0.05, 0.1) is 5.69 Å². The first kappa shape index (κ1) is 15.2. The molecule has 0 fully saturated rings. The Morgan fingerprint density at radius 1 is 1.26 bits per heavy atom. The number of aryl methyl sites for hydroxylation is 2. The lowest BCUT2D eigenvalue weighted by Gasteiger charge is -2.22. The minimum atomic E-state index is -1.04. The molecule has 1 amide bonds. The molecule has 0 bridgehead atoms. The minimum Gasteiger partial charge on any atom is -0.480 e. The maximum atomic E-state index is 12.3. The Labute approximate surface area is 111 Å². The zero-order valence-electron chi connectivity index (χ0n) is 11.6. The van der Waals surface area contributed by atoms with Gasteiger partial charge in [-0.3, -0.25) is 9.59 Å². The van der Waals surface area contributed by atoms with Crippen LogP contribution in [0.15, 0.2) is 4.52 Å². The fourth-order valence-electron chi connectivity index (χ4n) is 1.68. The van der Waals surface area contributed by atoms with Crippen molar-refractivity contribution in [3.63, 3.8) is 0 Å². The molecule has 7 nitrogen and oxygen atoms in total. The molecule has 0 saturated heterocycles. The van der Waals surface area contributed by atoms with Crippen LogP contribution < -0.4 is 0 Å². The molecule has 1 N–H and O–H groups in total. The Morgan fingerprint density at radius 3 is 2.32 bits per heavy atom. The highest BCUT2D eigenvalue weighted by molar-refractivity contribution is 5.97. The molecule has 0 aliphatic rings. The number of aromatic nitrogens is 1. The highest BCUT2D eigenvalue weighted by Crippen LogP contribution is 2.15. The first-order valence-electron chi connectivity index (χ1n) is 5.91. The number of hydrogen-bond donors (Lipinski definition) is 1. The molecule has 0 spiro atoms. The van der Waals surface area contributed by atoms with Gasteiger partial charge in [-0.25, -0.2) is 0 Å². The molecule has 0 radical (unpaired) electrons. The van der Waals surface area contributed by atoms with Crippen LogP contribution in [0.25, 0.3) is 0 Å². The molecule has 19 heavy (non-hydrogen) atoms. The number of rotatable bonds is 6. The first-order valence-corrected chi connectivity index (χ1v) is 5.91. The molecule has 0 atom stereocenters. The highest BCUT2D eigenvalue weighted by atomic mass is 16.5. The topological polar surface area (TPSA) is 86.9 Å². The van der Waals surface area contributed by atoms with E-state index in [0.717, 1.165) is 0 Å². The summed E-state index contributed by atoms with van der Waals surface area (Å²) in [5.41, 5.74) is 0.822. The number of carbonyl (C=O) groups is 2. The van der Waals surface area contributed by atoms with Crippen LogP contribution in [0.2, 0.25) is 0 Å². The molecule has 1 aromatic heterocycles. The summed E-state index contributed by atoms with van der Waals surface area (Å²) in [4.78, 5) is 26.4. The smallest absolute Gasteiger partial charge is 0.323 e. The van der Waals surface area contributed by atoms with Gasteiger partial charge in [0.15, 0.2) is 0 Å². The second kappa shape index (κ2) is 6.33. The Morgan fingerprint density at radius 2 is 1.89 bits per heavy atom. The summed E-state index contributed by atoms with van der Waals surface area (Å²) in [5.74, 6) is -0.998. The fraction of sp³-hybridized carbons (Fsp3) is 0.583. The summed E-state index contributed by atoms with van der Waals surface area (Å²) >= 11 is 0. The Kier molecular flexibility index (Phi) is 5.05. The standard InChI is InChI=1S/C12H19N3O4/c1-8-11(9(2)19-13-8)12(18)15(7-10(16)17)6-5-14(3)4/h5-7H2,1-4H3,(H,16,17). The maximum Gasteiger partial charge on any atom is 0.323 e. The van der Waals surface area contributed by atoms with Crippen molar-refractivity contribution in [3.8, 4) is 0 Å². The van der Waals surface area contributed by atoms with Gasteiger partial charge in [0.25, 0.3) is 5.91 Å². The molecule has 0 saturated carbocycles. The average Bonchev–Trinajstić information content (AvgIpc) is 2.63. The van der Waals surface area contributed by atoms with Crippen LogP contribution in [0, 0.1) is 13.8 Å². The summed E-state index contributed by atoms with van der Waals surface area (Å²) in [7, 11) is 3.72. The normalized spacial score (nSPS) is 10.8. The lowest BCUT2D eigenvalue weighted by atomic mass is 10.1. The van der Waals surface area contributed by atoms with Gasteiger partial charge in [0, 0.05) is 13.1 Å². The fourth-order valence-corrected chi connectivity index (χ4v) is 1.68. The molecule has 1 heterocycles. The van der Waals surface area contributed by atoms with Gasteiger partial charge in [0.1, 0.15) is 17.9 Å².